The zero-order valence-corrected chi connectivity index (χ0v) is 5.50. The smallest absolute Gasteiger partial charge is 0.00944 e. The molecule has 0 aliphatic heterocycles. The van der Waals surface area contributed by atoms with Gasteiger partial charge in [0.15, 0.2) is 0 Å². The zero-order valence-electron chi connectivity index (χ0n) is 5.50. The number of fused-ring (bicyclic) bond motifs is 1. The molecule has 0 spiro atoms. The van der Waals surface area contributed by atoms with Gasteiger partial charge in [0.1, 0.15) is 0 Å². The average Bonchev–Trinajstić information content (AvgIpc) is 2.34. The second kappa shape index (κ2) is 1.87. The van der Waals surface area contributed by atoms with Crippen molar-refractivity contribution in [3.8, 4) is 0 Å². The lowest BCUT2D eigenvalue weighted by molar-refractivity contribution is -0.243. The van der Waals surface area contributed by atoms with Crippen molar-refractivity contribution in [2.75, 3.05) is 0 Å². The van der Waals surface area contributed by atoms with Crippen molar-refractivity contribution in [2.24, 2.45) is 0 Å². The predicted octanol–water partition coefficient (Wildman–Crippen LogP) is 0.944. The van der Waals surface area contributed by atoms with Gasteiger partial charge in [-0.1, -0.05) is 30.3 Å². The van der Waals surface area contributed by atoms with Gasteiger partial charge in [0.25, 0.3) is 0 Å². The van der Waals surface area contributed by atoms with Crippen molar-refractivity contribution >= 4 is 5.76 Å². The second-order valence-corrected chi connectivity index (χ2v) is 2.43. The van der Waals surface area contributed by atoms with Crippen LogP contribution in [0.1, 0.15) is 11.1 Å². The van der Waals surface area contributed by atoms with Crippen LogP contribution in [0.4, 0.5) is 0 Å². The van der Waals surface area contributed by atoms with Crippen molar-refractivity contribution in [2.45, 2.75) is 6.42 Å². The normalized spacial score (nSPS) is 14.6. The average molecular weight is 131 g/mol. The minimum absolute atomic E-state index is 0.176. The third-order valence-electron chi connectivity index (χ3n) is 1.79. The molecule has 0 amide bonds. The molecule has 1 aliphatic rings. The van der Waals surface area contributed by atoms with Gasteiger partial charge in [-0.15, -0.1) is 5.76 Å². The van der Waals surface area contributed by atoms with Crippen LogP contribution >= 0.6 is 0 Å². The van der Waals surface area contributed by atoms with Crippen LogP contribution in [0.2, 0.25) is 0 Å². The standard InChI is InChI=1S/C9H8O/c10-9-6-5-7-3-1-2-4-8(7)9/h1-4,6,10H,5H2/p-1. The topological polar surface area (TPSA) is 23.1 Å². The van der Waals surface area contributed by atoms with E-state index in [1.54, 1.807) is 6.08 Å². The van der Waals surface area contributed by atoms with Gasteiger partial charge in [-0.3, -0.25) is 0 Å². The van der Waals surface area contributed by atoms with Crippen LogP contribution in [-0.2, 0) is 6.42 Å². The molecule has 1 heteroatoms. The van der Waals surface area contributed by atoms with E-state index in [0.717, 1.165) is 17.5 Å². The first-order valence-corrected chi connectivity index (χ1v) is 3.33. The van der Waals surface area contributed by atoms with E-state index in [2.05, 4.69) is 0 Å². The fourth-order valence-corrected chi connectivity index (χ4v) is 1.25. The summed E-state index contributed by atoms with van der Waals surface area (Å²) in [4.78, 5) is 0. The lowest BCUT2D eigenvalue weighted by Gasteiger charge is -2.07. The highest BCUT2D eigenvalue weighted by atomic mass is 16.3. The number of hydrogen-bond donors (Lipinski definition) is 0. The van der Waals surface area contributed by atoms with Gasteiger partial charge in [-0.05, 0) is 17.5 Å². The molecule has 1 aromatic rings. The molecule has 0 unspecified atom stereocenters. The fraction of sp³-hybridized carbons (Fsp3) is 0.111. The Kier molecular flexibility index (Phi) is 1.04. The summed E-state index contributed by atoms with van der Waals surface area (Å²) in [5.74, 6) is 0.176. The van der Waals surface area contributed by atoms with E-state index in [0.29, 0.717) is 0 Å². The summed E-state index contributed by atoms with van der Waals surface area (Å²) in [5, 5.41) is 11.0. The molecule has 0 atom stereocenters. The van der Waals surface area contributed by atoms with Gasteiger partial charge >= 0.3 is 0 Å². The quantitative estimate of drug-likeness (QED) is 0.514. The zero-order chi connectivity index (χ0) is 6.97. The van der Waals surface area contributed by atoms with E-state index in [9.17, 15) is 5.11 Å². The first kappa shape index (κ1) is 5.54. The Hall–Kier alpha value is -1.24. The van der Waals surface area contributed by atoms with Crippen LogP contribution in [-0.4, -0.2) is 0 Å². The highest BCUT2D eigenvalue weighted by molar-refractivity contribution is 5.65. The lowest BCUT2D eigenvalue weighted by atomic mass is 10.1. The van der Waals surface area contributed by atoms with E-state index in [-0.39, 0.29) is 5.76 Å². The molecule has 1 nitrogen and oxygen atoms in total. The van der Waals surface area contributed by atoms with E-state index >= 15 is 0 Å². The minimum Gasteiger partial charge on any atom is -0.872 e. The Morgan fingerprint density at radius 1 is 1.20 bits per heavy atom. The molecule has 1 aromatic carbocycles. The second-order valence-electron chi connectivity index (χ2n) is 2.43. The maximum absolute atomic E-state index is 11.0. The third-order valence-corrected chi connectivity index (χ3v) is 1.79. The van der Waals surface area contributed by atoms with Crippen LogP contribution in [0.25, 0.3) is 5.76 Å². The van der Waals surface area contributed by atoms with Gasteiger partial charge in [-0.25, -0.2) is 0 Å². The van der Waals surface area contributed by atoms with Crippen molar-refractivity contribution in [1.82, 2.24) is 0 Å². The highest BCUT2D eigenvalue weighted by Gasteiger charge is 2.03. The SMILES string of the molecule is [O-]C1=CCc2ccccc21. The van der Waals surface area contributed by atoms with Crippen LogP contribution in [0, 0.1) is 0 Å². The van der Waals surface area contributed by atoms with Crippen LogP contribution in [0.3, 0.4) is 0 Å². The number of hydrogen-bond acceptors (Lipinski definition) is 1. The van der Waals surface area contributed by atoms with Crippen LogP contribution in [0.5, 0.6) is 0 Å². The molecule has 0 bridgehead atoms. The molecule has 0 fully saturated rings. The van der Waals surface area contributed by atoms with E-state index in [1.807, 2.05) is 24.3 Å². The summed E-state index contributed by atoms with van der Waals surface area (Å²) in [6.07, 6.45) is 2.54. The van der Waals surface area contributed by atoms with E-state index in [4.69, 9.17) is 0 Å². The molecule has 50 valence electrons. The van der Waals surface area contributed by atoms with Gasteiger partial charge < -0.3 is 5.11 Å². The summed E-state index contributed by atoms with van der Waals surface area (Å²) in [5.41, 5.74) is 2.04. The maximum Gasteiger partial charge on any atom is -0.00944 e. The van der Waals surface area contributed by atoms with Gasteiger partial charge in [0.05, 0.1) is 0 Å². The number of rotatable bonds is 0. The molecule has 0 N–H and O–H groups in total. The maximum atomic E-state index is 11.0. The predicted molar refractivity (Wildman–Crippen MR) is 38.1 cm³/mol. The van der Waals surface area contributed by atoms with E-state index < -0.39 is 0 Å². The third kappa shape index (κ3) is 0.637. The molecule has 0 saturated heterocycles. The summed E-state index contributed by atoms with van der Waals surface area (Å²) in [6, 6.07) is 7.74. The molecular weight excluding hydrogens is 124 g/mol. The highest BCUT2D eigenvalue weighted by Crippen LogP contribution is 2.21. The van der Waals surface area contributed by atoms with Gasteiger partial charge in [0, 0.05) is 0 Å². The number of benzene rings is 1. The van der Waals surface area contributed by atoms with Crippen molar-refractivity contribution < 1.29 is 5.11 Å². The summed E-state index contributed by atoms with van der Waals surface area (Å²) >= 11 is 0. The molecule has 0 aromatic heterocycles. The molecule has 0 radical (unpaired) electrons. The Balaban J connectivity index is 2.61. The van der Waals surface area contributed by atoms with Crippen molar-refractivity contribution in [3.63, 3.8) is 0 Å². The van der Waals surface area contributed by atoms with E-state index in [1.165, 1.54) is 0 Å². The van der Waals surface area contributed by atoms with Crippen LogP contribution < -0.4 is 5.11 Å². The number of allylic oxidation sites excluding steroid dienone is 1. The Bertz CT molecular complexity index is 287. The first-order valence-electron chi connectivity index (χ1n) is 3.33. The van der Waals surface area contributed by atoms with Gasteiger partial charge in [-0.2, -0.15) is 0 Å². The van der Waals surface area contributed by atoms with Crippen molar-refractivity contribution in [1.29, 1.82) is 0 Å². The Morgan fingerprint density at radius 2 is 2.00 bits per heavy atom. The lowest BCUT2D eigenvalue weighted by Crippen LogP contribution is -1.98. The Labute approximate surface area is 59.6 Å². The molecule has 10 heavy (non-hydrogen) atoms. The molecule has 2 rings (SSSR count). The molecular formula is C9H7O-. The molecule has 1 aliphatic carbocycles. The molecule has 0 saturated carbocycles. The monoisotopic (exact) mass is 131 g/mol. The van der Waals surface area contributed by atoms with Crippen molar-refractivity contribution in [3.05, 3.63) is 41.5 Å². The van der Waals surface area contributed by atoms with Crippen LogP contribution in [0.15, 0.2) is 30.3 Å². The Morgan fingerprint density at radius 3 is 2.80 bits per heavy atom. The fourth-order valence-electron chi connectivity index (χ4n) is 1.25. The minimum atomic E-state index is 0.176. The van der Waals surface area contributed by atoms with Gasteiger partial charge in [0.2, 0.25) is 0 Å². The summed E-state index contributed by atoms with van der Waals surface area (Å²) in [6.45, 7) is 0. The largest absolute Gasteiger partial charge is 0.872 e. The summed E-state index contributed by atoms with van der Waals surface area (Å²) < 4.78 is 0. The first-order chi connectivity index (χ1) is 4.88. The molecule has 0 heterocycles. The summed E-state index contributed by atoms with van der Waals surface area (Å²) in [7, 11) is 0.